The van der Waals surface area contributed by atoms with Crippen molar-refractivity contribution in [1.29, 1.82) is 0 Å². The summed E-state index contributed by atoms with van der Waals surface area (Å²) in [6.45, 7) is 3.82. The Morgan fingerprint density at radius 3 is 2.14 bits per heavy atom. The molecule has 0 fully saturated rings. The molecule has 0 atom stereocenters. The highest BCUT2D eigenvalue weighted by atomic mass is 32.2. The molecule has 22 heavy (non-hydrogen) atoms. The van der Waals surface area contributed by atoms with Gasteiger partial charge in [0.1, 0.15) is 0 Å². The third-order valence-corrected chi connectivity index (χ3v) is 4.80. The van der Waals surface area contributed by atoms with Crippen LogP contribution in [0.3, 0.4) is 0 Å². The van der Waals surface area contributed by atoms with E-state index >= 15 is 0 Å². The van der Waals surface area contributed by atoms with Gasteiger partial charge < -0.3 is 9.47 Å². The summed E-state index contributed by atoms with van der Waals surface area (Å²) in [5.74, 6) is 0.999. The lowest BCUT2D eigenvalue weighted by molar-refractivity contribution is 0.355. The van der Waals surface area contributed by atoms with E-state index < -0.39 is 10.0 Å². The van der Waals surface area contributed by atoms with Crippen molar-refractivity contribution in [3.63, 3.8) is 0 Å². The zero-order valence-corrected chi connectivity index (χ0v) is 13.8. The second-order valence-electron chi connectivity index (χ2n) is 4.92. The van der Waals surface area contributed by atoms with Crippen LogP contribution in [-0.2, 0) is 10.0 Å². The molecule has 118 valence electrons. The number of hydrogen-bond acceptors (Lipinski definition) is 4. The van der Waals surface area contributed by atoms with Crippen molar-refractivity contribution >= 4 is 15.7 Å². The second kappa shape index (κ2) is 6.27. The molecule has 0 saturated heterocycles. The Morgan fingerprint density at radius 1 is 0.864 bits per heavy atom. The van der Waals surface area contributed by atoms with E-state index in [1.54, 1.807) is 36.4 Å². The molecule has 2 aromatic carbocycles. The van der Waals surface area contributed by atoms with Crippen molar-refractivity contribution in [2.24, 2.45) is 0 Å². The van der Waals surface area contributed by atoms with Crippen LogP contribution in [0, 0.1) is 13.8 Å². The highest BCUT2D eigenvalue weighted by molar-refractivity contribution is 7.92. The van der Waals surface area contributed by atoms with Crippen molar-refractivity contribution in [2.45, 2.75) is 18.7 Å². The van der Waals surface area contributed by atoms with Crippen LogP contribution in [0.4, 0.5) is 5.69 Å². The first-order valence-electron chi connectivity index (χ1n) is 6.69. The van der Waals surface area contributed by atoms with E-state index in [9.17, 15) is 8.42 Å². The van der Waals surface area contributed by atoms with Crippen LogP contribution < -0.4 is 14.2 Å². The zero-order valence-electron chi connectivity index (χ0n) is 13.0. The summed E-state index contributed by atoms with van der Waals surface area (Å²) >= 11 is 0. The third kappa shape index (κ3) is 3.33. The van der Waals surface area contributed by atoms with E-state index in [0.29, 0.717) is 17.2 Å². The number of nitrogens with one attached hydrogen (secondary N) is 1. The molecular formula is C16H19NO4S. The van der Waals surface area contributed by atoms with E-state index in [1.807, 2.05) is 13.8 Å². The maximum absolute atomic E-state index is 12.4. The molecule has 0 bridgehead atoms. The zero-order chi connectivity index (χ0) is 16.3. The molecule has 0 aliphatic carbocycles. The molecule has 0 aliphatic rings. The minimum absolute atomic E-state index is 0.227. The van der Waals surface area contributed by atoms with Gasteiger partial charge in [-0.05, 0) is 49.2 Å². The van der Waals surface area contributed by atoms with Crippen molar-refractivity contribution in [2.75, 3.05) is 18.9 Å². The number of hydrogen-bond donors (Lipinski definition) is 1. The average molecular weight is 321 g/mol. The molecule has 0 saturated carbocycles. The number of methoxy groups -OCH3 is 2. The van der Waals surface area contributed by atoms with Gasteiger partial charge in [0.15, 0.2) is 11.5 Å². The SMILES string of the molecule is COc1ccc(NS(=O)(=O)c2ccc(C)c(C)c2)cc1OC. The highest BCUT2D eigenvalue weighted by Gasteiger charge is 2.16. The number of sulfonamides is 1. The Labute approximate surface area is 130 Å². The molecule has 0 heterocycles. The minimum atomic E-state index is -3.64. The standard InChI is InChI=1S/C16H19NO4S/c1-11-5-7-14(9-12(11)2)22(18,19)17-13-6-8-15(20-3)16(10-13)21-4/h5-10,17H,1-4H3. The molecule has 0 aromatic heterocycles. The smallest absolute Gasteiger partial charge is 0.261 e. The van der Waals surface area contributed by atoms with E-state index in [-0.39, 0.29) is 4.90 Å². The fourth-order valence-electron chi connectivity index (χ4n) is 1.99. The van der Waals surface area contributed by atoms with Crippen LogP contribution in [0.2, 0.25) is 0 Å². The van der Waals surface area contributed by atoms with E-state index in [1.165, 1.54) is 14.2 Å². The first-order chi connectivity index (χ1) is 10.4. The van der Waals surface area contributed by atoms with Gasteiger partial charge in [-0.3, -0.25) is 4.72 Å². The summed E-state index contributed by atoms with van der Waals surface area (Å²) in [6, 6.07) is 9.89. The minimum Gasteiger partial charge on any atom is -0.493 e. The molecule has 0 spiro atoms. The Bertz CT molecular complexity index is 785. The monoisotopic (exact) mass is 321 g/mol. The van der Waals surface area contributed by atoms with Crippen molar-refractivity contribution in [3.8, 4) is 11.5 Å². The third-order valence-electron chi connectivity index (χ3n) is 3.42. The largest absolute Gasteiger partial charge is 0.493 e. The molecular weight excluding hydrogens is 302 g/mol. The van der Waals surface area contributed by atoms with Gasteiger partial charge in [0, 0.05) is 6.07 Å². The van der Waals surface area contributed by atoms with Gasteiger partial charge in [-0.2, -0.15) is 0 Å². The van der Waals surface area contributed by atoms with Gasteiger partial charge in [0.05, 0.1) is 24.8 Å². The Kier molecular flexibility index (Phi) is 4.61. The summed E-state index contributed by atoms with van der Waals surface area (Å²) in [7, 11) is -0.619. The number of rotatable bonds is 5. The summed E-state index contributed by atoms with van der Waals surface area (Å²) in [5.41, 5.74) is 2.39. The van der Waals surface area contributed by atoms with E-state index in [4.69, 9.17) is 9.47 Å². The predicted octanol–water partition coefficient (Wildman–Crippen LogP) is 3.12. The van der Waals surface area contributed by atoms with Gasteiger partial charge >= 0.3 is 0 Å². The van der Waals surface area contributed by atoms with Crippen LogP contribution in [-0.4, -0.2) is 22.6 Å². The van der Waals surface area contributed by atoms with Crippen molar-refractivity contribution in [1.82, 2.24) is 0 Å². The lowest BCUT2D eigenvalue weighted by atomic mass is 10.1. The quantitative estimate of drug-likeness (QED) is 0.919. The molecule has 2 rings (SSSR count). The predicted molar refractivity (Wildman–Crippen MR) is 86.3 cm³/mol. The summed E-state index contributed by atoms with van der Waals surface area (Å²) in [4.78, 5) is 0.227. The molecule has 0 aliphatic heterocycles. The van der Waals surface area contributed by atoms with Crippen LogP contribution in [0.1, 0.15) is 11.1 Å². The summed E-state index contributed by atoms with van der Waals surface area (Å²) in [6.07, 6.45) is 0. The Balaban J connectivity index is 2.34. The summed E-state index contributed by atoms with van der Waals surface area (Å²) in [5, 5.41) is 0. The van der Waals surface area contributed by atoms with Gasteiger partial charge in [-0.25, -0.2) is 8.42 Å². The maximum Gasteiger partial charge on any atom is 0.261 e. The lowest BCUT2D eigenvalue weighted by Gasteiger charge is -2.12. The Morgan fingerprint density at radius 2 is 1.55 bits per heavy atom. The van der Waals surface area contributed by atoms with Crippen molar-refractivity contribution < 1.29 is 17.9 Å². The highest BCUT2D eigenvalue weighted by Crippen LogP contribution is 2.30. The van der Waals surface area contributed by atoms with Gasteiger partial charge in [0.25, 0.3) is 10.0 Å². The molecule has 0 amide bonds. The first kappa shape index (κ1) is 16.2. The number of anilines is 1. The number of benzene rings is 2. The van der Waals surface area contributed by atoms with Gasteiger partial charge in [0.2, 0.25) is 0 Å². The fraction of sp³-hybridized carbons (Fsp3) is 0.250. The van der Waals surface area contributed by atoms with Gasteiger partial charge in [-0.15, -0.1) is 0 Å². The lowest BCUT2D eigenvalue weighted by Crippen LogP contribution is -2.13. The number of aryl methyl sites for hydroxylation is 2. The van der Waals surface area contributed by atoms with Crippen molar-refractivity contribution in [3.05, 3.63) is 47.5 Å². The molecule has 2 aromatic rings. The molecule has 0 radical (unpaired) electrons. The van der Waals surface area contributed by atoms with Crippen LogP contribution in [0.15, 0.2) is 41.3 Å². The van der Waals surface area contributed by atoms with Crippen LogP contribution >= 0.6 is 0 Å². The second-order valence-corrected chi connectivity index (χ2v) is 6.60. The van der Waals surface area contributed by atoms with E-state index in [2.05, 4.69) is 4.72 Å². The Hall–Kier alpha value is -2.21. The topological polar surface area (TPSA) is 64.6 Å². The van der Waals surface area contributed by atoms with E-state index in [0.717, 1.165) is 11.1 Å². The van der Waals surface area contributed by atoms with Crippen LogP contribution in [0.25, 0.3) is 0 Å². The normalized spacial score (nSPS) is 11.1. The maximum atomic E-state index is 12.4. The molecule has 6 heteroatoms. The number of ether oxygens (including phenoxy) is 2. The fourth-order valence-corrected chi connectivity index (χ4v) is 3.13. The molecule has 0 unspecified atom stereocenters. The average Bonchev–Trinajstić information content (AvgIpc) is 2.49. The molecule has 5 nitrogen and oxygen atoms in total. The molecule has 1 N–H and O–H groups in total. The first-order valence-corrected chi connectivity index (χ1v) is 8.18. The summed E-state index contributed by atoms with van der Waals surface area (Å²) < 4.78 is 37.7. The van der Waals surface area contributed by atoms with Crippen LogP contribution in [0.5, 0.6) is 11.5 Å². The van der Waals surface area contributed by atoms with Gasteiger partial charge in [-0.1, -0.05) is 6.07 Å².